The molecule has 0 bridgehead atoms. The molecule has 0 amide bonds. The summed E-state index contributed by atoms with van der Waals surface area (Å²) in [6.45, 7) is 0. The second kappa shape index (κ2) is 4.10. The molecule has 1 saturated carbocycles. The van der Waals surface area contributed by atoms with E-state index in [1.807, 2.05) is 6.07 Å². The van der Waals surface area contributed by atoms with Gasteiger partial charge in [0.2, 0.25) is 0 Å². The third kappa shape index (κ3) is 2.24. The van der Waals surface area contributed by atoms with Crippen molar-refractivity contribution in [1.29, 1.82) is 0 Å². The number of fused-ring (bicyclic) bond motifs is 1. The van der Waals surface area contributed by atoms with Crippen molar-refractivity contribution in [2.24, 2.45) is 0 Å². The summed E-state index contributed by atoms with van der Waals surface area (Å²) in [5.41, 5.74) is 3.74. The zero-order chi connectivity index (χ0) is 11.7. The second-order valence-electron chi connectivity index (χ2n) is 4.05. The topological polar surface area (TPSA) is 64.1 Å². The highest BCUT2D eigenvalue weighted by Crippen LogP contribution is 2.18. The largest absolute Gasteiger partial charge is 0.375 e. The average molecular weight is 229 g/mol. The van der Waals surface area contributed by atoms with Crippen molar-refractivity contribution in [3.8, 4) is 0 Å². The number of nitrogens with one attached hydrogen (secondary N) is 1. The summed E-state index contributed by atoms with van der Waals surface area (Å²) in [6, 6.07) is 5.54. The lowest BCUT2D eigenvalue weighted by Gasteiger charge is -2.04. The van der Waals surface area contributed by atoms with Crippen molar-refractivity contribution in [3.63, 3.8) is 0 Å². The van der Waals surface area contributed by atoms with E-state index in [1.165, 1.54) is 0 Å². The number of aromatic nitrogens is 2. The molecule has 1 aliphatic carbocycles. The molecule has 0 spiro atoms. The minimum absolute atomic E-state index is 0.303. The van der Waals surface area contributed by atoms with Gasteiger partial charge < -0.3 is 4.84 Å². The van der Waals surface area contributed by atoms with Crippen molar-refractivity contribution >= 4 is 16.9 Å². The molecule has 2 aromatic heterocycles. The first-order chi connectivity index (χ1) is 8.33. The number of hydroxylamine groups is 1. The Morgan fingerprint density at radius 2 is 2.24 bits per heavy atom. The standard InChI is InChI=1S/C12H11N3O2/c16-12(17-15-9-2-3-9)11-4-1-8-7-13-6-5-10(8)14-11/h1,4-7,9,15H,2-3H2. The maximum Gasteiger partial charge on any atom is 0.375 e. The fourth-order valence-electron chi connectivity index (χ4n) is 1.47. The predicted octanol–water partition coefficient (Wildman–Crippen LogP) is 1.45. The molecule has 2 aromatic rings. The fourth-order valence-corrected chi connectivity index (χ4v) is 1.47. The lowest BCUT2D eigenvalue weighted by atomic mass is 10.2. The molecule has 0 unspecified atom stereocenters. The molecule has 2 heterocycles. The highest BCUT2D eigenvalue weighted by molar-refractivity contribution is 5.90. The van der Waals surface area contributed by atoms with E-state index >= 15 is 0 Å². The van der Waals surface area contributed by atoms with Gasteiger partial charge in [0, 0.05) is 23.8 Å². The molecule has 0 saturated heterocycles. The molecule has 1 aliphatic rings. The minimum Gasteiger partial charge on any atom is -0.365 e. The minimum atomic E-state index is -0.449. The van der Waals surface area contributed by atoms with Gasteiger partial charge in [-0.3, -0.25) is 4.98 Å². The molecule has 1 fully saturated rings. The Morgan fingerprint density at radius 3 is 3.06 bits per heavy atom. The summed E-state index contributed by atoms with van der Waals surface area (Å²) < 4.78 is 0. The van der Waals surface area contributed by atoms with E-state index in [1.54, 1.807) is 24.5 Å². The molecule has 86 valence electrons. The van der Waals surface area contributed by atoms with Crippen molar-refractivity contribution in [2.75, 3.05) is 0 Å². The lowest BCUT2D eigenvalue weighted by Crippen LogP contribution is -2.22. The number of rotatable bonds is 3. The summed E-state index contributed by atoms with van der Waals surface area (Å²) in [5.74, 6) is -0.449. The van der Waals surface area contributed by atoms with Gasteiger partial charge >= 0.3 is 5.97 Å². The molecule has 5 nitrogen and oxygen atoms in total. The van der Waals surface area contributed by atoms with Crippen LogP contribution in [0.25, 0.3) is 10.9 Å². The van der Waals surface area contributed by atoms with Crippen LogP contribution in [0.4, 0.5) is 0 Å². The molecule has 5 heteroatoms. The Balaban J connectivity index is 1.81. The summed E-state index contributed by atoms with van der Waals surface area (Å²) >= 11 is 0. The second-order valence-corrected chi connectivity index (χ2v) is 4.05. The van der Waals surface area contributed by atoms with Crippen LogP contribution in [0.5, 0.6) is 0 Å². The van der Waals surface area contributed by atoms with Crippen LogP contribution in [0.3, 0.4) is 0 Å². The fraction of sp³-hybridized carbons (Fsp3) is 0.250. The normalized spacial score (nSPS) is 14.8. The number of hydrogen-bond acceptors (Lipinski definition) is 5. The molecule has 0 aromatic carbocycles. The smallest absolute Gasteiger partial charge is 0.365 e. The first-order valence-electron chi connectivity index (χ1n) is 5.50. The number of carbonyl (C=O) groups excluding carboxylic acids is 1. The van der Waals surface area contributed by atoms with E-state index in [0.29, 0.717) is 11.7 Å². The molecule has 1 N–H and O–H groups in total. The maximum atomic E-state index is 11.7. The highest BCUT2D eigenvalue weighted by Gasteiger charge is 2.23. The summed E-state index contributed by atoms with van der Waals surface area (Å²) in [5, 5.41) is 0.902. The molecule has 0 aliphatic heterocycles. The summed E-state index contributed by atoms with van der Waals surface area (Å²) in [6.07, 6.45) is 5.47. The molecule has 3 rings (SSSR count). The molecular formula is C12H11N3O2. The number of nitrogens with zero attached hydrogens (tertiary/aromatic N) is 2. The van der Waals surface area contributed by atoms with Crippen LogP contribution >= 0.6 is 0 Å². The van der Waals surface area contributed by atoms with Gasteiger partial charge in [0.15, 0.2) is 5.69 Å². The van der Waals surface area contributed by atoms with Crippen LogP contribution in [-0.2, 0) is 4.84 Å². The summed E-state index contributed by atoms with van der Waals surface area (Å²) in [4.78, 5) is 24.8. The van der Waals surface area contributed by atoms with E-state index < -0.39 is 5.97 Å². The van der Waals surface area contributed by atoms with Crippen LogP contribution in [0.2, 0.25) is 0 Å². The highest BCUT2D eigenvalue weighted by atomic mass is 16.7. The summed E-state index contributed by atoms with van der Waals surface area (Å²) in [7, 11) is 0. The maximum absolute atomic E-state index is 11.7. The van der Waals surface area contributed by atoms with Gasteiger partial charge in [-0.15, -0.1) is 5.48 Å². The Bertz CT molecular complexity index is 566. The van der Waals surface area contributed by atoms with Crippen LogP contribution in [-0.4, -0.2) is 22.0 Å². The van der Waals surface area contributed by atoms with E-state index in [0.717, 1.165) is 23.7 Å². The van der Waals surface area contributed by atoms with Crippen LogP contribution in [0, 0.1) is 0 Å². The number of pyridine rings is 2. The third-order valence-electron chi connectivity index (χ3n) is 2.59. The zero-order valence-electron chi connectivity index (χ0n) is 9.09. The van der Waals surface area contributed by atoms with Crippen molar-refractivity contribution in [3.05, 3.63) is 36.3 Å². The Hall–Kier alpha value is -2.01. The van der Waals surface area contributed by atoms with Gasteiger partial charge in [0.25, 0.3) is 0 Å². The van der Waals surface area contributed by atoms with Gasteiger partial charge in [-0.1, -0.05) is 0 Å². The van der Waals surface area contributed by atoms with E-state index in [-0.39, 0.29) is 0 Å². The number of hydrogen-bond donors (Lipinski definition) is 1. The Kier molecular flexibility index (Phi) is 2.45. The van der Waals surface area contributed by atoms with Crippen LogP contribution in [0.1, 0.15) is 23.3 Å². The van der Waals surface area contributed by atoms with Gasteiger partial charge in [0.05, 0.1) is 5.52 Å². The molecular weight excluding hydrogens is 218 g/mol. The van der Waals surface area contributed by atoms with Crippen molar-refractivity contribution in [1.82, 2.24) is 15.4 Å². The van der Waals surface area contributed by atoms with Gasteiger partial charge in [0.1, 0.15) is 0 Å². The predicted molar refractivity (Wildman–Crippen MR) is 61.1 cm³/mol. The first kappa shape index (κ1) is 10.2. The average Bonchev–Trinajstić information content (AvgIpc) is 3.19. The SMILES string of the molecule is O=C(ONC1CC1)c1ccc2cnccc2n1. The lowest BCUT2D eigenvalue weighted by molar-refractivity contribution is 0.0229. The Labute approximate surface area is 97.8 Å². The molecule has 0 atom stereocenters. The quantitative estimate of drug-likeness (QED) is 0.807. The van der Waals surface area contributed by atoms with E-state index in [2.05, 4.69) is 15.4 Å². The van der Waals surface area contributed by atoms with Crippen LogP contribution < -0.4 is 5.48 Å². The third-order valence-corrected chi connectivity index (χ3v) is 2.59. The Morgan fingerprint density at radius 1 is 1.35 bits per heavy atom. The van der Waals surface area contributed by atoms with Gasteiger partial charge in [-0.2, -0.15) is 0 Å². The van der Waals surface area contributed by atoms with Gasteiger partial charge in [-0.05, 0) is 31.0 Å². The van der Waals surface area contributed by atoms with Crippen LogP contribution in [0.15, 0.2) is 30.6 Å². The number of carbonyl (C=O) groups is 1. The monoisotopic (exact) mass is 229 g/mol. The van der Waals surface area contributed by atoms with Crippen molar-refractivity contribution < 1.29 is 9.63 Å². The van der Waals surface area contributed by atoms with Crippen molar-refractivity contribution in [2.45, 2.75) is 18.9 Å². The zero-order valence-corrected chi connectivity index (χ0v) is 9.09. The molecule has 0 radical (unpaired) electrons. The molecule has 17 heavy (non-hydrogen) atoms. The van der Waals surface area contributed by atoms with E-state index in [9.17, 15) is 4.79 Å². The van der Waals surface area contributed by atoms with E-state index in [4.69, 9.17) is 4.84 Å². The van der Waals surface area contributed by atoms with Gasteiger partial charge in [-0.25, -0.2) is 9.78 Å². The first-order valence-corrected chi connectivity index (χ1v) is 5.50.